The number of amides is 1. The van der Waals surface area contributed by atoms with Gasteiger partial charge in [0.15, 0.2) is 0 Å². The summed E-state index contributed by atoms with van der Waals surface area (Å²) in [7, 11) is 0. The van der Waals surface area contributed by atoms with Gasteiger partial charge in [-0.15, -0.1) is 0 Å². The Morgan fingerprint density at radius 1 is 1.20 bits per heavy atom. The molecule has 214 valence electrons. The van der Waals surface area contributed by atoms with Crippen LogP contribution < -0.4 is 0 Å². The van der Waals surface area contributed by atoms with Gasteiger partial charge in [0.25, 0.3) is 5.69 Å². The number of piperidine rings is 1. The largest absolute Gasteiger partial charge is 0.465 e. The second-order valence-corrected chi connectivity index (χ2v) is 10.5. The molecule has 1 atom stereocenters. The molecule has 1 saturated heterocycles. The number of carbonyl (C=O) groups is 1. The van der Waals surface area contributed by atoms with Gasteiger partial charge in [-0.25, -0.2) is 9.78 Å². The number of aromatic nitrogens is 2. The molecule has 0 aliphatic carbocycles. The first-order valence-electron chi connectivity index (χ1n) is 13.9. The molecule has 0 bridgehead atoms. The Kier molecular flexibility index (Phi) is 10.6. The van der Waals surface area contributed by atoms with E-state index in [2.05, 4.69) is 50.9 Å². The average molecular weight is 557 g/mol. The number of nitriles is 1. The van der Waals surface area contributed by atoms with Gasteiger partial charge < -0.3 is 19.5 Å². The van der Waals surface area contributed by atoms with Gasteiger partial charge in [0, 0.05) is 43.9 Å². The minimum Gasteiger partial charge on any atom is -0.465 e. The van der Waals surface area contributed by atoms with E-state index in [0.717, 1.165) is 51.1 Å². The smallest absolute Gasteiger partial charge is 0.407 e. The van der Waals surface area contributed by atoms with Crippen LogP contribution >= 0.6 is 0 Å². The van der Waals surface area contributed by atoms with Crippen LogP contribution in [-0.2, 0) is 19.5 Å². The number of carboxylic acid groups (broad SMARTS) is 1. The molecular weight excluding hydrogens is 520 g/mol. The molecule has 0 spiro atoms. The molecule has 2 heterocycles. The minimum absolute atomic E-state index is 0.0127. The molecule has 1 aromatic heterocycles. The molecule has 10 heteroatoms. The highest BCUT2D eigenvalue weighted by Crippen LogP contribution is 2.25. The number of nitro benzene ring substituents is 1. The van der Waals surface area contributed by atoms with Crippen LogP contribution in [0.25, 0.3) is 0 Å². The van der Waals surface area contributed by atoms with E-state index in [0.29, 0.717) is 23.8 Å². The first kappa shape index (κ1) is 29.5. The third-order valence-electron chi connectivity index (χ3n) is 7.60. The number of nitro groups is 1. The number of hydrogen-bond acceptors (Lipinski definition) is 6. The van der Waals surface area contributed by atoms with Crippen molar-refractivity contribution in [2.24, 2.45) is 5.92 Å². The number of allylic oxidation sites excluding steroid dienone is 1. The molecule has 3 aromatic rings. The summed E-state index contributed by atoms with van der Waals surface area (Å²) in [5.41, 5.74) is 2.80. The number of rotatable bonds is 13. The maximum absolute atomic E-state index is 11.7. The molecule has 1 aliphatic rings. The number of benzene rings is 2. The predicted molar refractivity (Wildman–Crippen MR) is 155 cm³/mol. The lowest BCUT2D eigenvalue weighted by Gasteiger charge is -2.32. The molecule has 1 fully saturated rings. The van der Waals surface area contributed by atoms with Gasteiger partial charge in [0.1, 0.15) is 0 Å². The SMILES string of the molecule is N#CCc1cn(CC(CCN2CCC(C=CCN(Cc3ccc([N+](=O)[O-])cc3)C(=O)O)CC2)c2ccccc2)cn1. The molecule has 4 rings (SSSR count). The predicted octanol–water partition coefficient (Wildman–Crippen LogP) is 5.48. The van der Waals surface area contributed by atoms with Crippen molar-refractivity contribution in [3.05, 3.63) is 106 Å². The van der Waals surface area contributed by atoms with E-state index in [-0.39, 0.29) is 18.8 Å². The normalized spacial score (nSPS) is 15.0. The fourth-order valence-electron chi connectivity index (χ4n) is 5.26. The highest BCUT2D eigenvalue weighted by Gasteiger charge is 2.20. The zero-order valence-electron chi connectivity index (χ0n) is 23.1. The van der Waals surface area contributed by atoms with E-state index in [9.17, 15) is 20.0 Å². The maximum atomic E-state index is 11.7. The second-order valence-electron chi connectivity index (χ2n) is 10.5. The van der Waals surface area contributed by atoms with Crippen molar-refractivity contribution < 1.29 is 14.8 Å². The van der Waals surface area contributed by atoms with E-state index < -0.39 is 11.0 Å². The van der Waals surface area contributed by atoms with Crippen LogP contribution in [0.4, 0.5) is 10.5 Å². The van der Waals surface area contributed by atoms with Crippen LogP contribution in [-0.4, -0.2) is 61.7 Å². The monoisotopic (exact) mass is 556 g/mol. The van der Waals surface area contributed by atoms with Crippen LogP contribution in [0.3, 0.4) is 0 Å². The summed E-state index contributed by atoms with van der Waals surface area (Å²) >= 11 is 0. The topological polar surface area (TPSA) is 129 Å². The van der Waals surface area contributed by atoms with Gasteiger partial charge in [0.05, 0.1) is 29.4 Å². The molecule has 41 heavy (non-hydrogen) atoms. The van der Waals surface area contributed by atoms with Gasteiger partial charge in [-0.3, -0.25) is 10.1 Å². The summed E-state index contributed by atoms with van der Waals surface area (Å²) in [5.74, 6) is 0.756. The molecule has 1 aliphatic heterocycles. The van der Waals surface area contributed by atoms with E-state index >= 15 is 0 Å². The molecule has 0 saturated carbocycles. The van der Waals surface area contributed by atoms with Crippen LogP contribution in [0, 0.1) is 27.4 Å². The highest BCUT2D eigenvalue weighted by atomic mass is 16.6. The Morgan fingerprint density at radius 3 is 2.59 bits per heavy atom. The Bertz CT molecular complexity index is 1340. The van der Waals surface area contributed by atoms with Gasteiger partial charge in [-0.05, 0) is 55.9 Å². The van der Waals surface area contributed by atoms with Crippen LogP contribution in [0.2, 0.25) is 0 Å². The van der Waals surface area contributed by atoms with Crippen LogP contribution in [0.1, 0.15) is 42.0 Å². The number of nitrogens with zero attached hydrogens (tertiary/aromatic N) is 6. The summed E-state index contributed by atoms with van der Waals surface area (Å²) in [6.07, 6.45) is 10.2. The Labute approximate surface area is 240 Å². The van der Waals surface area contributed by atoms with Crippen LogP contribution in [0.5, 0.6) is 0 Å². The van der Waals surface area contributed by atoms with Crippen molar-refractivity contribution in [3.63, 3.8) is 0 Å². The number of imidazole rings is 1. The van der Waals surface area contributed by atoms with Crippen molar-refractivity contribution in [2.75, 3.05) is 26.2 Å². The quantitative estimate of drug-likeness (QED) is 0.168. The molecule has 0 radical (unpaired) electrons. The highest BCUT2D eigenvalue weighted by molar-refractivity contribution is 5.65. The first-order chi connectivity index (χ1) is 19.9. The van der Waals surface area contributed by atoms with E-state index in [1.54, 1.807) is 12.1 Å². The molecule has 1 unspecified atom stereocenters. The molecule has 1 amide bonds. The maximum Gasteiger partial charge on any atom is 0.407 e. The van der Waals surface area contributed by atoms with E-state index in [1.165, 1.54) is 22.6 Å². The Hall–Kier alpha value is -4.49. The summed E-state index contributed by atoms with van der Waals surface area (Å²) in [6, 6.07) is 18.7. The third-order valence-corrected chi connectivity index (χ3v) is 7.60. The lowest BCUT2D eigenvalue weighted by molar-refractivity contribution is -0.384. The molecule has 10 nitrogen and oxygen atoms in total. The Morgan fingerprint density at radius 2 is 1.93 bits per heavy atom. The average Bonchev–Trinajstić information content (AvgIpc) is 3.43. The van der Waals surface area contributed by atoms with Crippen LogP contribution in [0.15, 0.2) is 79.3 Å². The van der Waals surface area contributed by atoms with Crippen molar-refractivity contribution in [1.29, 1.82) is 5.26 Å². The third kappa shape index (κ3) is 9.01. The van der Waals surface area contributed by atoms with Crippen molar-refractivity contribution in [3.8, 4) is 6.07 Å². The van der Waals surface area contributed by atoms with Gasteiger partial charge in [-0.1, -0.05) is 54.6 Å². The Balaban J connectivity index is 1.24. The lowest BCUT2D eigenvalue weighted by atomic mass is 9.93. The number of hydrogen-bond donors (Lipinski definition) is 1. The van der Waals surface area contributed by atoms with Gasteiger partial charge in [-0.2, -0.15) is 5.26 Å². The fraction of sp³-hybridized carbons (Fsp3) is 0.387. The summed E-state index contributed by atoms with van der Waals surface area (Å²) in [5, 5.41) is 29.4. The summed E-state index contributed by atoms with van der Waals surface area (Å²) < 4.78 is 2.09. The minimum atomic E-state index is -1.02. The number of likely N-dealkylation sites (tertiary alicyclic amines) is 1. The standard InChI is InChI=1S/C31H36N6O4/c32-16-12-29-23-35(24-33-29)22-28(27-6-2-1-3-7-27)15-20-34-18-13-25(14-19-34)5-4-17-36(31(38)39)21-26-8-10-30(11-9-26)37(40)41/h1-11,23-25,28H,12-15,17-22H2,(H,38,39). The fourth-order valence-corrected chi connectivity index (χ4v) is 5.26. The summed E-state index contributed by atoms with van der Waals surface area (Å²) in [6.45, 7) is 4.27. The number of non-ortho nitro benzene ring substituents is 1. The van der Waals surface area contributed by atoms with E-state index in [1.807, 2.05) is 24.7 Å². The van der Waals surface area contributed by atoms with Gasteiger partial charge >= 0.3 is 6.09 Å². The summed E-state index contributed by atoms with van der Waals surface area (Å²) in [4.78, 5) is 30.3. The van der Waals surface area contributed by atoms with E-state index in [4.69, 9.17) is 5.26 Å². The molecule has 2 aromatic carbocycles. The molecular formula is C31H36N6O4. The molecule has 1 N–H and O–H groups in total. The lowest BCUT2D eigenvalue weighted by Crippen LogP contribution is -2.35. The second kappa shape index (κ2) is 14.8. The van der Waals surface area contributed by atoms with Crippen molar-refractivity contribution >= 4 is 11.8 Å². The van der Waals surface area contributed by atoms with Crippen molar-refractivity contribution in [2.45, 2.75) is 44.7 Å². The van der Waals surface area contributed by atoms with Gasteiger partial charge in [0.2, 0.25) is 0 Å². The zero-order chi connectivity index (χ0) is 29.0. The first-order valence-corrected chi connectivity index (χ1v) is 13.9. The zero-order valence-corrected chi connectivity index (χ0v) is 23.1. The van der Waals surface area contributed by atoms with Crippen molar-refractivity contribution in [1.82, 2.24) is 19.4 Å².